The van der Waals surface area contributed by atoms with Gasteiger partial charge in [0.1, 0.15) is 0 Å². The van der Waals surface area contributed by atoms with Crippen LogP contribution in [0.2, 0.25) is 0 Å². The molecule has 0 spiro atoms. The molecule has 1 atom stereocenters. The molecule has 2 aromatic carbocycles. The number of anilines is 1. The summed E-state index contributed by atoms with van der Waals surface area (Å²) in [4.78, 5) is 37.1. The van der Waals surface area contributed by atoms with Crippen LogP contribution in [0.5, 0.6) is 0 Å². The first-order valence-corrected chi connectivity index (χ1v) is 8.60. The number of nitrogens with zero attached hydrogens (tertiary/aromatic N) is 2. The summed E-state index contributed by atoms with van der Waals surface area (Å²) in [6.45, 7) is 2.45. The lowest BCUT2D eigenvalue weighted by Crippen LogP contribution is -2.39. The lowest BCUT2D eigenvalue weighted by molar-refractivity contribution is -0.384. The molecular formula is C19H20N4O4. The van der Waals surface area contributed by atoms with Crippen molar-refractivity contribution in [2.45, 2.75) is 19.4 Å². The van der Waals surface area contributed by atoms with Crippen molar-refractivity contribution in [3.63, 3.8) is 0 Å². The summed E-state index contributed by atoms with van der Waals surface area (Å²) in [6.07, 6.45) is 0.158. The third-order valence-corrected chi connectivity index (χ3v) is 4.55. The first kappa shape index (κ1) is 18.4. The normalized spacial score (nSPS) is 17.0. The van der Waals surface area contributed by atoms with Crippen molar-refractivity contribution < 1.29 is 14.5 Å². The largest absolute Gasteiger partial charge is 0.354 e. The summed E-state index contributed by atoms with van der Waals surface area (Å²) in [5, 5.41) is 16.5. The molecule has 0 radical (unpaired) electrons. The van der Waals surface area contributed by atoms with Gasteiger partial charge in [-0.2, -0.15) is 0 Å². The molecule has 8 nitrogen and oxygen atoms in total. The van der Waals surface area contributed by atoms with Gasteiger partial charge in [0, 0.05) is 25.2 Å². The second-order valence-corrected chi connectivity index (χ2v) is 6.36. The van der Waals surface area contributed by atoms with Gasteiger partial charge in [-0.1, -0.05) is 36.4 Å². The van der Waals surface area contributed by atoms with E-state index in [9.17, 15) is 19.7 Å². The minimum Gasteiger partial charge on any atom is -0.354 e. The number of rotatable bonds is 3. The van der Waals surface area contributed by atoms with E-state index in [0.29, 0.717) is 24.3 Å². The molecule has 1 heterocycles. The Labute approximate surface area is 156 Å². The van der Waals surface area contributed by atoms with E-state index < -0.39 is 17.0 Å². The zero-order valence-corrected chi connectivity index (χ0v) is 14.8. The minimum absolute atomic E-state index is 0.0942. The molecule has 0 aliphatic carbocycles. The highest BCUT2D eigenvalue weighted by Crippen LogP contribution is 2.28. The lowest BCUT2D eigenvalue weighted by atomic mass is 10.0. The minimum atomic E-state index is -0.504. The number of hydrogen-bond donors (Lipinski definition) is 2. The van der Waals surface area contributed by atoms with Gasteiger partial charge in [-0.05, 0) is 18.1 Å². The average molecular weight is 368 g/mol. The molecule has 1 saturated heterocycles. The van der Waals surface area contributed by atoms with Crippen LogP contribution in [0.25, 0.3) is 0 Å². The molecule has 1 aliphatic rings. The number of nitrogens with one attached hydrogen (secondary N) is 2. The summed E-state index contributed by atoms with van der Waals surface area (Å²) in [6, 6.07) is 12.9. The van der Waals surface area contributed by atoms with Crippen LogP contribution >= 0.6 is 0 Å². The Kier molecular flexibility index (Phi) is 5.35. The molecule has 3 amide bonds. The van der Waals surface area contributed by atoms with Crippen LogP contribution in [-0.2, 0) is 4.79 Å². The van der Waals surface area contributed by atoms with Crippen LogP contribution in [0, 0.1) is 17.0 Å². The smallest absolute Gasteiger partial charge is 0.322 e. The number of carbonyl (C=O) groups excluding carboxylic acids is 2. The number of nitro groups is 1. The number of benzene rings is 2. The number of amides is 3. The molecule has 1 fully saturated rings. The van der Waals surface area contributed by atoms with Gasteiger partial charge in [0.25, 0.3) is 5.69 Å². The van der Waals surface area contributed by atoms with Gasteiger partial charge < -0.3 is 15.5 Å². The van der Waals surface area contributed by atoms with Crippen molar-refractivity contribution in [3.05, 3.63) is 69.8 Å². The number of nitro benzene ring substituents is 1. The van der Waals surface area contributed by atoms with Gasteiger partial charge in [0.2, 0.25) is 5.91 Å². The van der Waals surface area contributed by atoms with Crippen molar-refractivity contribution in [2.24, 2.45) is 0 Å². The van der Waals surface area contributed by atoms with Crippen LogP contribution in [-0.4, -0.2) is 34.9 Å². The summed E-state index contributed by atoms with van der Waals surface area (Å²) in [5.74, 6) is -0.120. The van der Waals surface area contributed by atoms with E-state index in [4.69, 9.17) is 0 Å². The molecule has 0 saturated carbocycles. The Bertz CT molecular complexity index is 869. The maximum absolute atomic E-state index is 12.9. The number of carbonyl (C=O) groups is 2. The lowest BCUT2D eigenvalue weighted by Gasteiger charge is -2.29. The molecule has 0 bridgehead atoms. The first-order valence-electron chi connectivity index (χ1n) is 8.60. The van der Waals surface area contributed by atoms with E-state index in [2.05, 4.69) is 10.6 Å². The molecule has 0 aromatic heterocycles. The maximum Gasteiger partial charge on any atom is 0.322 e. The topological polar surface area (TPSA) is 105 Å². The molecule has 1 aliphatic heterocycles. The molecule has 3 rings (SSSR count). The molecule has 1 unspecified atom stereocenters. The fourth-order valence-electron chi connectivity index (χ4n) is 3.09. The number of non-ortho nitro benzene ring substituents is 1. The Hall–Kier alpha value is -3.42. The fraction of sp³-hybridized carbons (Fsp3) is 0.263. The van der Waals surface area contributed by atoms with Crippen LogP contribution in [0.4, 0.5) is 16.2 Å². The quantitative estimate of drug-likeness (QED) is 0.642. The van der Waals surface area contributed by atoms with Crippen LogP contribution in [0.3, 0.4) is 0 Å². The molecule has 2 N–H and O–H groups in total. The highest BCUT2D eigenvalue weighted by molar-refractivity contribution is 5.91. The van der Waals surface area contributed by atoms with E-state index >= 15 is 0 Å². The summed E-state index contributed by atoms with van der Waals surface area (Å²) in [5.41, 5.74) is 1.86. The zero-order valence-electron chi connectivity index (χ0n) is 14.8. The Morgan fingerprint density at radius 3 is 2.70 bits per heavy atom. The fourth-order valence-corrected chi connectivity index (χ4v) is 3.09. The molecule has 8 heteroatoms. The number of aryl methyl sites for hydroxylation is 1. The maximum atomic E-state index is 12.9. The van der Waals surface area contributed by atoms with Crippen LogP contribution in [0.15, 0.2) is 48.5 Å². The van der Waals surface area contributed by atoms with Gasteiger partial charge in [0.05, 0.1) is 23.1 Å². The molecule has 140 valence electrons. The summed E-state index contributed by atoms with van der Waals surface area (Å²) in [7, 11) is 0. The van der Waals surface area contributed by atoms with E-state index in [1.165, 1.54) is 12.1 Å². The number of urea groups is 1. The van der Waals surface area contributed by atoms with Crippen molar-refractivity contribution in [1.82, 2.24) is 10.2 Å². The third-order valence-electron chi connectivity index (χ3n) is 4.55. The second kappa shape index (κ2) is 7.86. The summed E-state index contributed by atoms with van der Waals surface area (Å²) >= 11 is 0. The number of hydrogen-bond acceptors (Lipinski definition) is 4. The molecule has 2 aromatic rings. The van der Waals surface area contributed by atoms with E-state index in [0.717, 1.165) is 5.56 Å². The van der Waals surface area contributed by atoms with Crippen LogP contribution < -0.4 is 10.6 Å². The van der Waals surface area contributed by atoms with Gasteiger partial charge >= 0.3 is 6.03 Å². The third kappa shape index (κ3) is 4.22. The highest BCUT2D eigenvalue weighted by atomic mass is 16.6. The Balaban J connectivity index is 1.88. The average Bonchev–Trinajstić information content (AvgIpc) is 2.85. The Morgan fingerprint density at radius 1 is 1.26 bits per heavy atom. The van der Waals surface area contributed by atoms with Gasteiger partial charge in [-0.15, -0.1) is 0 Å². The second-order valence-electron chi connectivity index (χ2n) is 6.36. The van der Waals surface area contributed by atoms with Crippen molar-refractivity contribution in [3.8, 4) is 0 Å². The predicted molar refractivity (Wildman–Crippen MR) is 100 cm³/mol. The van der Waals surface area contributed by atoms with E-state index in [1.807, 2.05) is 30.3 Å². The van der Waals surface area contributed by atoms with Gasteiger partial charge in [-0.3, -0.25) is 14.9 Å². The van der Waals surface area contributed by atoms with Gasteiger partial charge in [-0.25, -0.2) is 4.79 Å². The predicted octanol–water partition coefficient (Wildman–Crippen LogP) is 3.00. The standard InChI is InChI=1S/C19H20N4O4/c1-13-7-8-15(23(26)27)11-16(13)21-19(25)22-10-9-20-18(24)12-17(22)14-5-3-2-4-6-14/h2-8,11,17H,9-10,12H2,1H3,(H,20,24)(H,21,25). The zero-order chi connectivity index (χ0) is 19.4. The van der Waals surface area contributed by atoms with Crippen LogP contribution in [0.1, 0.15) is 23.6 Å². The monoisotopic (exact) mass is 368 g/mol. The van der Waals surface area contributed by atoms with E-state index in [1.54, 1.807) is 17.9 Å². The highest BCUT2D eigenvalue weighted by Gasteiger charge is 2.30. The van der Waals surface area contributed by atoms with Crippen molar-refractivity contribution in [2.75, 3.05) is 18.4 Å². The summed E-state index contributed by atoms with van der Waals surface area (Å²) < 4.78 is 0. The SMILES string of the molecule is Cc1ccc([N+](=O)[O-])cc1NC(=O)N1CCNC(=O)CC1c1ccccc1. The first-order chi connectivity index (χ1) is 13.0. The molecular weight excluding hydrogens is 348 g/mol. The van der Waals surface area contributed by atoms with E-state index in [-0.39, 0.29) is 18.0 Å². The van der Waals surface area contributed by atoms with Crippen molar-refractivity contribution in [1.29, 1.82) is 0 Å². The van der Waals surface area contributed by atoms with Gasteiger partial charge in [0.15, 0.2) is 0 Å². The molecule has 27 heavy (non-hydrogen) atoms. The Morgan fingerprint density at radius 2 is 2.00 bits per heavy atom. The van der Waals surface area contributed by atoms with Crippen molar-refractivity contribution >= 4 is 23.3 Å².